The third-order valence-electron chi connectivity index (χ3n) is 3.02. The highest BCUT2D eigenvalue weighted by molar-refractivity contribution is 6.35. The molecule has 112 valence electrons. The number of hydrogen-bond acceptors (Lipinski definition) is 2. The van der Waals surface area contributed by atoms with Crippen molar-refractivity contribution in [1.29, 1.82) is 0 Å². The van der Waals surface area contributed by atoms with Gasteiger partial charge in [0.15, 0.2) is 0 Å². The number of ether oxygens (including phenoxy) is 1. The molecular weight excluding hydrogens is 305 g/mol. The SMILES string of the molecule is CCCCOc1cccc(CNc2cc(Cl)cc(Cl)c2)c1. The molecule has 0 unspecified atom stereocenters. The van der Waals surface area contributed by atoms with Crippen LogP contribution in [0.5, 0.6) is 5.75 Å². The van der Waals surface area contributed by atoms with Crippen molar-refractivity contribution in [1.82, 2.24) is 0 Å². The summed E-state index contributed by atoms with van der Waals surface area (Å²) in [5, 5.41) is 4.57. The lowest BCUT2D eigenvalue weighted by Gasteiger charge is -2.10. The van der Waals surface area contributed by atoms with E-state index in [2.05, 4.69) is 24.4 Å². The Balaban J connectivity index is 1.94. The molecule has 21 heavy (non-hydrogen) atoms. The van der Waals surface area contributed by atoms with Gasteiger partial charge < -0.3 is 10.1 Å². The van der Waals surface area contributed by atoms with Gasteiger partial charge in [0.2, 0.25) is 0 Å². The quantitative estimate of drug-likeness (QED) is 0.651. The van der Waals surface area contributed by atoms with Crippen LogP contribution in [0.3, 0.4) is 0 Å². The molecular formula is C17H19Cl2NO. The molecule has 0 saturated carbocycles. The van der Waals surface area contributed by atoms with Crippen LogP contribution in [0, 0.1) is 0 Å². The number of rotatable bonds is 7. The van der Waals surface area contributed by atoms with Crippen LogP contribution in [0.15, 0.2) is 42.5 Å². The Labute approximate surface area is 136 Å². The Morgan fingerprint density at radius 3 is 2.52 bits per heavy atom. The number of anilines is 1. The van der Waals surface area contributed by atoms with Gasteiger partial charge in [-0.05, 0) is 42.3 Å². The maximum absolute atomic E-state index is 5.98. The van der Waals surface area contributed by atoms with Crippen LogP contribution in [0.1, 0.15) is 25.3 Å². The lowest BCUT2D eigenvalue weighted by molar-refractivity contribution is 0.309. The van der Waals surface area contributed by atoms with Crippen LogP contribution in [-0.4, -0.2) is 6.61 Å². The Morgan fingerprint density at radius 2 is 1.81 bits per heavy atom. The molecule has 0 fully saturated rings. The van der Waals surface area contributed by atoms with Crippen LogP contribution in [-0.2, 0) is 6.54 Å². The average molecular weight is 324 g/mol. The van der Waals surface area contributed by atoms with Gasteiger partial charge in [0, 0.05) is 22.3 Å². The van der Waals surface area contributed by atoms with Crippen molar-refractivity contribution in [2.75, 3.05) is 11.9 Å². The van der Waals surface area contributed by atoms with Gasteiger partial charge in [-0.25, -0.2) is 0 Å². The Bertz CT molecular complexity index is 567. The summed E-state index contributed by atoms with van der Waals surface area (Å²) in [5.41, 5.74) is 2.06. The molecule has 0 aliphatic rings. The predicted octanol–water partition coefficient (Wildman–Crippen LogP) is 5.78. The predicted molar refractivity (Wildman–Crippen MR) is 90.6 cm³/mol. The van der Waals surface area contributed by atoms with E-state index in [0.717, 1.165) is 36.4 Å². The van der Waals surface area contributed by atoms with Gasteiger partial charge in [0.25, 0.3) is 0 Å². The zero-order chi connectivity index (χ0) is 15.1. The van der Waals surface area contributed by atoms with E-state index < -0.39 is 0 Å². The van der Waals surface area contributed by atoms with E-state index in [0.29, 0.717) is 16.6 Å². The second kappa shape index (κ2) is 8.16. The highest BCUT2D eigenvalue weighted by Gasteiger charge is 2.00. The second-order valence-corrected chi connectivity index (χ2v) is 5.73. The summed E-state index contributed by atoms with van der Waals surface area (Å²) < 4.78 is 5.71. The molecule has 0 atom stereocenters. The normalized spacial score (nSPS) is 10.4. The van der Waals surface area contributed by atoms with Crippen LogP contribution < -0.4 is 10.1 Å². The van der Waals surface area contributed by atoms with E-state index in [4.69, 9.17) is 27.9 Å². The topological polar surface area (TPSA) is 21.3 Å². The largest absolute Gasteiger partial charge is 0.494 e. The number of nitrogens with one attached hydrogen (secondary N) is 1. The molecule has 0 saturated heterocycles. The Kier molecular flexibility index (Phi) is 6.21. The summed E-state index contributed by atoms with van der Waals surface area (Å²) in [5.74, 6) is 0.909. The third kappa shape index (κ3) is 5.49. The summed E-state index contributed by atoms with van der Waals surface area (Å²) in [7, 11) is 0. The number of hydrogen-bond donors (Lipinski definition) is 1. The van der Waals surface area contributed by atoms with E-state index in [1.807, 2.05) is 24.3 Å². The molecule has 0 amide bonds. The van der Waals surface area contributed by atoms with E-state index in [-0.39, 0.29) is 0 Å². The number of benzene rings is 2. The summed E-state index contributed by atoms with van der Waals surface area (Å²) in [6, 6.07) is 13.5. The van der Waals surface area contributed by atoms with Crippen molar-refractivity contribution in [3.63, 3.8) is 0 Å². The molecule has 2 nitrogen and oxygen atoms in total. The van der Waals surface area contributed by atoms with Gasteiger partial charge in [0.05, 0.1) is 6.61 Å². The molecule has 0 bridgehead atoms. The Hall–Kier alpha value is -1.38. The molecule has 0 spiro atoms. The molecule has 1 N–H and O–H groups in total. The lowest BCUT2D eigenvalue weighted by Crippen LogP contribution is -2.01. The molecule has 2 rings (SSSR count). The first-order valence-corrected chi connectivity index (χ1v) is 7.84. The standard InChI is InChI=1S/C17H19Cl2NO/c1-2-3-7-21-17-6-4-5-13(8-17)12-20-16-10-14(18)9-15(19)11-16/h4-6,8-11,20H,2-3,7,12H2,1H3. The second-order valence-electron chi connectivity index (χ2n) is 4.86. The van der Waals surface area contributed by atoms with Gasteiger partial charge in [-0.15, -0.1) is 0 Å². The highest BCUT2D eigenvalue weighted by Crippen LogP contribution is 2.23. The summed E-state index contributed by atoms with van der Waals surface area (Å²) in [6.07, 6.45) is 2.21. The molecule has 0 aliphatic heterocycles. The van der Waals surface area contributed by atoms with Crippen LogP contribution in [0.2, 0.25) is 10.0 Å². The molecule has 4 heteroatoms. The smallest absolute Gasteiger partial charge is 0.119 e. The molecule has 0 aromatic heterocycles. The molecule has 2 aromatic carbocycles. The van der Waals surface area contributed by atoms with Gasteiger partial charge in [-0.3, -0.25) is 0 Å². The fraction of sp³-hybridized carbons (Fsp3) is 0.294. The number of halogens is 2. The van der Waals surface area contributed by atoms with E-state index in [1.54, 1.807) is 6.07 Å². The fourth-order valence-corrected chi connectivity index (χ4v) is 2.47. The average Bonchev–Trinajstić information content (AvgIpc) is 2.45. The van der Waals surface area contributed by atoms with Crippen molar-refractivity contribution < 1.29 is 4.74 Å². The fourth-order valence-electron chi connectivity index (χ4n) is 1.94. The summed E-state index contributed by atoms with van der Waals surface area (Å²) in [6.45, 7) is 3.61. The third-order valence-corrected chi connectivity index (χ3v) is 3.46. The lowest BCUT2D eigenvalue weighted by atomic mass is 10.2. The molecule has 0 heterocycles. The monoisotopic (exact) mass is 323 g/mol. The zero-order valence-corrected chi connectivity index (χ0v) is 13.5. The van der Waals surface area contributed by atoms with Crippen molar-refractivity contribution in [3.8, 4) is 5.75 Å². The maximum atomic E-state index is 5.98. The van der Waals surface area contributed by atoms with Gasteiger partial charge in [0.1, 0.15) is 5.75 Å². The molecule has 0 radical (unpaired) electrons. The first kappa shape index (κ1) is 16.0. The van der Waals surface area contributed by atoms with Crippen molar-refractivity contribution in [2.45, 2.75) is 26.3 Å². The van der Waals surface area contributed by atoms with Gasteiger partial charge in [-0.2, -0.15) is 0 Å². The van der Waals surface area contributed by atoms with Gasteiger partial charge >= 0.3 is 0 Å². The van der Waals surface area contributed by atoms with Crippen LogP contribution in [0.25, 0.3) is 0 Å². The van der Waals surface area contributed by atoms with E-state index in [9.17, 15) is 0 Å². The summed E-state index contributed by atoms with van der Waals surface area (Å²) in [4.78, 5) is 0. The minimum Gasteiger partial charge on any atom is -0.494 e. The van der Waals surface area contributed by atoms with Crippen LogP contribution in [0.4, 0.5) is 5.69 Å². The molecule has 0 aliphatic carbocycles. The highest BCUT2D eigenvalue weighted by atomic mass is 35.5. The first-order valence-electron chi connectivity index (χ1n) is 7.09. The van der Waals surface area contributed by atoms with Crippen LogP contribution >= 0.6 is 23.2 Å². The van der Waals surface area contributed by atoms with Crippen molar-refractivity contribution in [2.24, 2.45) is 0 Å². The zero-order valence-electron chi connectivity index (χ0n) is 12.0. The minimum atomic E-state index is 0.627. The minimum absolute atomic E-state index is 0.627. The number of unbranched alkanes of at least 4 members (excludes halogenated alkanes) is 1. The maximum Gasteiger partial charge on any atom is 0.119 e. The first-order chi connectivity index (χ1) is 10.2. The van der Waals surface area contributed by atoms with E-state index >= 15 is 0 Å². The van der Waals surface area contributed by atoms with E-state index in [1.165, 1.54) is 0 Å². The van der Waals surface area contributed by atoms with Crippen molar-refractivity contribution >= 4 is 28.9 Å². The van der Waals surface area contributed by atoms with Gasteiger partial charge in [-0.1, -0.05) is 48.7 Å². The van der Waals surface area contributed by atoms with Crippen molar-refractivity contribution in [3.05, 3.63) is 58.1 Å². The Morgan fingerprint density at radius 1 is 1.05 bits per heavy atom. The summed E-state index contributed by atoms with van der Waals surface area (Å²) >= 11 is 12.0. The molecule has 2 aromatic rings.